The Morgan fingerprint density at radius 3 is 2.00 bits per heavy atom. The third-order valence-corrected chi connectivity index (χ3v) is 8.61. The average Bonchev–Trinajstić information content (AvgIpc) is 2.54. The highest BCUT2D eigenvalue weighted by molar-refractivity contribution is 7.85. The third-order valence-electron chi connectivity index (χ3n) is 6.78. The summed E-state index contributed by atoms with van der Waals surface area (Å²) in [7, 11) is -0.640. The lowest BCUT2D eigenvalue weighted by Crippen LogP contribution is -2.40. The lowest BCUT2D eigenvalue weighted by molar-refractivity contribution is 0.147. The molecule has 0 aliphatic heterocycles. The Morgan fingerprint density at radius 1 is 0.909 bits per heavy atom. The average molecular weight is 327 g/mol. The van der Waals surface area contributed by atoms with Gasteiger partial charge in [-0.1, -0.05) is 52.4 Å². The Hall–Kier alpha value is 0.150. The van der Waals surface area contributed by atoms with Crippen molar-refractivity contribution in [2.75, 3.05) is 6.26 Å². The number of unbranched alkanes of at least 4 members (excludes halogenated alkanes) is 1. The predicted molar refractivity (Wildman–Crippen MR) is 98.6 cm³/mol. The smallest absolute Gasteiger partial charge is 0.0456 e. The molecule has 22 heavy (non-hydrogen) atoms. The highest BCUT2D eigenvalue weighted by atomic mass is 32.2. The second kappa shape index (κ2) is 8.85. The van der Waals surface area contributed by atoms with Gasteiger partial charge >= 0.3 is 0 Å². The fourth-order valence-corrected chi connectivity index (χ4v) is 6.52. The monoisotopic (exact) mass is 326 g/mol. The molecule has 1 unspecified atom stereocenters. The zero-order chi connectivity index (χ0) is 16.0. The van der Waals surface area contributed by atoms with E-state index >= 15 is 0 Å². The Bertz CT molecular complexity index is 336. The van der Waals surface area contributed by atoms with Crippen LogP contribution < -0.4 is 0 Å². The zero-order valence-electron chi connectivity index (χ0n) is 15.2. The minimum atomic E-state index is -0.640. The van der Waals surface area contributed by atoms with Crippen LogP contribution in [-0.4, -0.2) is 15.2 Å². The van der Waals surface area contributed by atoms with Crippen LogP contribution in [0, 0.1) is 17.8 Å². The lowest BCUT2D eigenvalue weighted by Gasteiger charge is -2.43. The van der Waals surface area contributed by atoms with Crippen molar-refractivity contribution in [3.63, 3.8) is 0 Å². The van der Waals surface area contributed by atoms with Crippen LogP contribution in [0.25, 0.3) is 0 Å². The molecule has 0 bridgehead atoms. The Balaban J connectivity index is 1.79. The van der Waals surface area contributed by atoms with Crippen molar-refractivity contribution in [3.05, 3.63) is 0 Å². The first-order valence-corrected chi connectivity index (χ1v) is 11.5. The minimum absolute atomic E-state index is 0.170. The number of hydrogen-bond acceptors (Lipinski definition) is 1. The van der Waals surface area contributed by atoms with E-state index in [4.69, 9.17) is 0 Å². The fourth-order valence-electron chi connectivity index (χ4n) is 5.22. The van der Waals surface area contributed by atoms with E-state index in [1.807, 2.05) is 6.26 Å². The Morgan fingerprint density at radius 2 is 1.50 bits per heavy atom. The fraction of sp³-hybridized carbons (Fsp3) is 1.00. The van der Waals surface area contributed by atoms with Crippen LogP contribution in [0.3, 0.4) is 0 Å². The molecule has 0 amide bonds. The van der Waals surface area contributed by atoms with Crippen LogP contribution in [0.15, 0.2) is 0 Å². The van der Waals surface area contributed by atoms with E-state index in [0.717, 1.165) is 17.8 Å². The topological polar surface area (TPSA) is 17.1 Å². The Kier molecular flexibility index (Phi) is 7.44. The molecule has 2 aliphatic rings. The van der Waals surface area contributed by atoms with Crippen molar-refractivity contribution in [3.8, 4) is 0 Å². The highest BCUT2D eigenvalue weighted by Crippen LogP contribution is 2.46. The summed E-state index contributed by atoms with van der Waals surface area (Å²) in [4.78, 5) is 0. The van der Waals surface area contributed by atoms with Crippen molar-refractivity contribution >= 4 is 10.8 Å². The largest absolute Gasteiger partial charge is 0.259 e. The van der Waals surface area contributed by atoms with Crippen LogP contribution in [0.2, 0.25) is 0 Å². The molecule has 130 valence electrons. The van der Waals surface area contributed by atoms with Crippen molar-refractivity contribution in [1.29, 1.82) is 0 Å². The van der Waals surface area contributed by atoms with Gasteiger partial charge in [-0.25, -0.2) is 0 Å². The SMILES string of the molecule is CCCCC1CCC(C2CCC(CCC)(S(C)=O)CC2)CC1. The molecule has 0 aromatic rings. The second-order valence-corrected chi connectivity index (χ2v) is 9.92. The summed E-state index contributed by atoms with van der Waals surface area (Å²) in [5, 5.41) is 0. The van der Waals surface area contributed by atoms with Gasteiger partial charge in [0.1, 0.15) is 0 Å². The maximum atomic E-state index is 12.2. The van der Waals surface area contributed by atoms with Gasteiger partial charge in [0.15, 0.2) is 0 Å². The molecular weight excluding hydrogens is 288 g/mol. The molecule has 1 atom stereocenters. The van der Waals surface area contributed by atoms with Crippen LogP contribution in [0.5, 0.6) is 0 Å². The van der Waals surface area contributed by atoms with Gasteiger partial charge in [0.2, 0.25) is 0 Å². The normalized spacial score (nSPS) is 37.9. The van der Waals surface area contributed by atoms with E-state index in [9.17, 15) is 4.21 Å². The van der Waals surface area contributed by atoms with Gasteiger partial charge in [-0.15, -0.1) is 0 Å². The molecule has 0 spiro atoms. The van der Waals surface area contributed by atoms with E-state index in [1.165, 1.54) is 83.5 Å². The Labute approximate surface area is 141 Å². The molecule has 2 heteroatoms. The maximum absolute atomic E-state index is 12.2. The zero-order valence-corrected chi connectivity index (χ0v) is 16.1. The highest BCUT2D eigenvalue weighted by Gasteiger charge is 2.40. The molecule has 1 nitrogen and oxygen atoms in total. The lowest BCUT2D eigenvalue weighted by atomic mass is 9.68. The van der Waals surface area contributed by atoms with Gasteiger partial charge in [-0.05, 0) is 62.7 Å². The van der Waals surface area contributed by atoms with E-state index in [1.54, 1.807) is 0 Å². The first kappa shape index (κ1) is 18.5. The van der Waals surface area contributed by atoms with Crippen molar-refractivity contribution in [1.82, 2.24) is 0 Å². The molecule has 2 fully saturated rings. The minimum Gasteiger partial charge on any atom is -0.259 e. The van der Waals surface area contributed by atoms with Gasteiger partial charge in [0, 0.05) is 21.8 Å². The molecule has 0 saturated heterocycles. The quantitative estimate of drug-likeness (QED) is 0.553. The summed E-state index contributed by atoms with van der Waals surface area (Å²) in [5.41, 5.74) is 0. The van der Waals surface area contributed by atoms with Gasteiger partial charge in [0.25, 0.3) is 0 Å². The molecule has 0 aromatic carbocycles. The summed E-state index contributed by atoms with van der Waals surface area (Å²) in [5.74, 6) is 2.96. The number of hydrogen-bond donors (Lipinski definition) is 0. The molecule has 0 N–H and O–H groups in total. The predicted octanol–water partition coefficient (Wildman–Crippen LogP) is 6.09. The summed E-state index contributed by atoms with van der Waals surface area (Å²) < 4.78 is 12.4. The summed E-state index contributed by atoms with van der Waals surface area (Å²) >= 11 is 0. The molecular formula is C20H38OS. The maximum Gasteiger partial charge on any atom is 0.0456 e. The van der Waals surface area contributed by atoms with Gasteiger partial charge < -0.3 is 0 Å². The van der Waals surface area contributed by atoms with Crippen LogP contribution in [-0.2, 0) is 10.8 Å². The summed E-state index contributed by atoms with van der Waals surface area (Å²) in [6.45, 7) is 4.56. The third kappa shape index (κ3) is 4.58. The molecule has 0 aromatic heterocycles. The standard InChI is InChI=1S/C20H38OS/c1-4-6-7-17-8-10-18(11-9-17)19-12-15-20(14-5-2,16-13-19)22(3)21/h17-19H,4-16H2,1-3H3. The van der Waals surface area contributed by atoms with E-state index in [2.05, 4.69) is 13.8 Å². The molecule has 2 saturated carbocycles. The second-order valence-electron chi connectivity index (χ2n) is 8.15. The summed E-state index contributed by atoms with van der Waals surface area (Å²) in [6.07, 6.45) is 19.7. The van der Waals surface area contributed by atoms with Crippen molar-refractivity contribution in [2.24, 2.45) is 17.8 Å². The van der Waals surface area contributed by atoms with Crippen LogP contribution >= 0.6 is 0 Å². The van der Waals surface area contributed by atoms with E-state index in [-0.39, 0.29) is 4.75 Å². The van der Waals surface area contributed by atoms with Gasteiger partial charge in [-0.2, -0.15) is 0 Å². The van der Waals surface area contributed by atoms with Crippen LogP contribution in [0.1, 0.15) is 97.3 Å². The molecule has 2 aliphatic carbocycles. The first-order chi connectivity index (χ1) is 10.6. The number of rotatable bonds is 7. The van der Waals surface area contributed by atoms with Crippen molar-refractivity contribution < 1.29 is 4.21 Å². The molecule has 0 radical (unpaired) electrons. The van der Waals surface area contributed by atoms with E-state index < -0.39 is 10.8 Å². The van der Waals surface area contributed by atoms with Crippen LogP contribution in [0.4, 0.5) is 0 Å². The van der Waals surface area contributed by atoms with Crippen molar-refractivity contribution in [2.45, 2.75) is 102 Å². The van der Waals surface area contributed by atoms with E-state index in [0.29, 0.717) is 0 Å². The van der Waals surface area contributed by atoms with Gasteiger partial charge in [-0.3, -0.25) is 4.21 Å². The van der Waals surface area contributed by atoms with Gasteiger partial charge in [0.05, 0.1) is 0 Å². The summed E-state index contributed by atoms with van der Waals surface area (Å²) in [6, 6.07) is 0. The molecule has 0 heterocycles. The first-order valence-electron chi connectivity index (χ1n) is 9.94. The molecule has 2 rings (SSSR count).